The molecule has 202 valence electrons. The lowest BCUT2D eigenvalue weighted by molar-refractivity contribution is -0.155. The molecule has 2 rings (SSSR count). The van der Waals surface area contributed by atoms with Gasteiger partial charge in [-0.15, -0.1) is 11.8 Å². The minimum absolute atomic E-state index is 0.128. The quantitative estimate of drug-likeness (QED) is 0.354. The van der Waals surface area contributed by atoms with E-state index in [0.717, 1.165) is 16.8 Å². The summed E-state index contributed by atoms with van der Waals surface area (Å²) in [6.45, 7) is 10.8. The minimum atomic E-state index is -1.32. The van der Waals surface area contributed by atoms with E-state index in [1.807, 2.05) is 44.2 Å². The highest BCUT2D eigenvalue weighted by atomic mass is 16.5. The Kier molecular flexibility index (Phi) is 11.7. The van der Waals surface area contributed by atoms with Gasteiger partial charge in [-0.25, -0.2) is 0 Å². The van der Waals surface area contributed by atoms with Crippen LogP contribution in [0.15, 0.2) is 41.6 Å². The molecule has 7 heteroatoms. The van der Waals surface area contributed by atoms with Crippen LogP contribution >= 0.6 is 0 Å². The highest BCUT2D eigenvalue weighted by molar-refractivity contribution is 5.88. The van der Waals surface area contributed by atoms with E-state index >= 15 is 0 Å². The van der Waals surface area contributed by atoms with Crippen molar-refractivity contribution < 1.29 is 29.3 Å². The van der Waals surface area contributed by atoms with Crippen LogP contribution in [0.3, 0.4) is 0 Å². The Labute approximate surface area is 221 Å². The number of aliphatic hydroxyl groups excluding tert-OH is 2. The highest BCUT2D eigenvalue weighted by Gasteiger charge is 2.44. The number of ketones is 1. The van der Waals surface area contributed by atoms with Gasteiger partial charge in [0.2, 0.25) is 0 Å². The molecule has 0 amide bonds. The molecule has 1 aliphatic rings. The minimum Gasteiger partial charge on any atom is -0.457 e. The third-order valence-electron chi connectivity index (χ3n) is 6.96. The van der Waals surface area contributed by atoms with Gasteiger partial charge in [-0.3, -0.25) is 14.6 Å². The third-order valence-corrected chi connectivity index (χ3v) is 6.96. The summed E-state index contributed by atoms with van der Waals surface area (Å²) < 4.78 is 11.7. The Morgan fingerprint density at radius 1 is 1.27 bits per heavy atom. The number of rotatable bonds is 3. The molecule has 7 nitrogen and oxygen atoms in total. The smallest absolute Gasteiger partial charge is 0.309 e. The Morgan fingerprint density at radius 3 is 2.65 bits per heavy atom. The first-order valence-electron chi connectivity index (χ1n) is 12.8. The molecule has 2 heterocycles. The summed E-state index contributed by atoms with van der Waals surface area (Å²) in [6.07, 6.45) is 2.83. The first-order chi connectivity index (χ1) is 17.5. The SMILES string of the molecule is CC#CC[C@H]1C(=O)C(C)(C)[C@@H](O)CC(=O)O[C@H](/C(C)=C/c2ccccn2)C/C=C(/C)CCO[C@H](C)[C@H]1O. The highest BCUT2D eigenvalue weighted by Crippen LogP contribution is 2.32. The summed E-state index contributed by atoms with van der Waals surface area (Å²) in [5.41, 5.74) is 1.29. The molecule has 1 aromatic heterocycles. The molecular formula is C30H41NO6. The van der Waals surface area contributed by atoms with Gasteiger partial charge < -0.3 is 19.7 Å². The van der Waals surface area contributed by atoms with Crippen LogP contribution in [0, 0.1) is 23.2 Å². The van der Waals surface area contributed by atoms with Crippen molar-refractivity contribution in [2.45, 2.75) is 91.6 Å². The number of pyridine rings is 1. The van der Waals surface area contributed by atoms with E-state index in [0.29, 0.717) is 19.4 Å². The number of nitrogens with zero attached hydrogens (tertiary/aromatic N) is 1. The predicted octanol–water partition coefficient (Wildman–Crippen LogP) is 4.28. The van der Waals surface area contributed by atoms with Gasteiger partial charge in [0.05, 0.1) is 48.4 Å². The number of aliphatic hydroxyl groups is 2. The molecule has 0 aliphatic carbocycles. The number of esters is 1. The van der Waals surface area contributed by atoms with Crippen molar-refractivity contribution in [3.05, 3.63) is 47.3 Å². The number of Topliss-reactive ketones (excluding diaryl/α,β-unsaturated/α-hetero) is 1. The zero-order chi connectivity index (χ0) is 27.6. The van der Waals surface area contributed by atoms with Crippen molar-refractivity contribution >= 4 is 17.8 Å². The first-order valence-corrected chi connectivity index (χ1v) is 12.8. The Hall–Kier alpha value is -2.79. The van der Waals surface area contributed by atoms with Gasteiger partial charge in [-0.1, -0.05) is 31.6 Å². The van der Waals surface area contributed by atoms with Crippen LogP contribution in [0.25, 0.3) is 6.08 Å². The van der Waals surface area contributed by atoms with Crippen molar-refractivity contribution in [1.29, 1.82) is 0 Å². The van der Waals surface area contributed by atoms with Crippen LogP contribution in [0.1, 0.15) is 72.9 Å². The maximum atomic E-state index is 13.5. The number of aromatic nitrogens is 1. The summed E-state index contributed by atoms with van der Waals surface area (Å²) in [7, 11) is 0. The maximum Gasteiger partial charge on any atom is 0.309 e. The largest absolute Gasteiger partial charge is 0.457 e. The molecule has 0 unspecified atom stereocenters. The number of carbonyl (C=O) groups excluding carboxylic acids is 2. The van der Waals surface area contributed by atoms with E-state index in [9.17, 15) is 19.8 Å². The fraction of sp³-hybridized carbons (Fsp3) is 0.567. The lowest BCUT2D eigenvalue weighted by Gasteiger charge is -2.35. The molecule has 37 heavy (non-hydrogen) atoms. The average Bonchev–Trinajstić information content (AvgIpc) is 2.86. The molecule has 0 radical (unpaired) electrons. The summed E-state index contributed by atoms with van der Waals surface area (Å²) in [6, 6.07) is 5.58. The molecule has 1 aromatic rings. The van der Waals surface area contributed by atoms with E-state index < -0.39 is 41.7 Å². The second-order valence-corrected chi connectivity index (χ2v) is 10.3. The van der Waals surface area contributed by atoms with Gasteiger partial charge in [0, 0.05) is 19.0 Å². The predicted molar refractivity (Wildman–Crippen MR) is 143 cm³/mol. The monoisotopic (exact) mass is 511 g/mol. The number of hydrogen-bond donors (Lipinski definition) is 2. The molecule has 0 saturated heterocycles. The molecule has 0 fully saturated rings. The van der Waals surface area contributed by atoms with Gasteiger partial charge in [0.1, 0.15) is 11.9 Å². The zero-order valence-electron chi connectivity index (χ0n) is 22.9. The molecule has 1 aliphatic heterocycles. The van der Waals surface area contributed by atoms with Crippen LogP contribution in [0.4, 0.5) is 0 Å². The third kappa shape index (κ3) is 8.92. The zero-order valence-corrected chi connectivity index (χ0v) is 22.9. The second-order valence-electron chi connectivity index (χ2n) is 10.3. The maximum absolute atomic E-state index is 13.5. The van der Waals surface area contributed by atoms with E-state index in [1.165, 1.54) is 0 Å². The van der Waals surface area contributed by atoms with Crippen molar-refractivity contribution in [3.63, 3.8) is 0 Å². The molecule has 2 N–H and O–H groups in total. The Balaban J connectivity index is 2.39. The van der Waals surface area contributed by atoms with Crippen LogP contribution in [0.5, 0.6) is 0 Å². The van der Waals surface area contributed by atoms with Gasteiger partial charge in [0.15, 0.2) is 0 Å². The van der Waals surface area contributed by atoms with Crippen molar-refractivity contribution in [2.24, 2.45) is 11.3 Å². The van der Waals surface area contributed by atoms with Crippen LogP contribution in [-0.2, 0) is 19.1 Å². The van der Waals surface area contributed by atoms with Crippen LogP contribution < -0.4 is 0 Å². The number of hydrogen-bond acceptors (Lipinski definition) is 7. The Morgan fingerprint density at radius 2 is 2.00 bits per heavy atom. The molecular weight excluding hydrogens is 470 g/mol. The molecule has 0 bridgehead atoms. The molecule has 0 aromatic carbocycles. The summed E-state index contributed by atoms with van der Waals surface area (Å²) in [4.78, 5) is 30.8. The summed E-state index contributed by atoms with van der Waals surface area (Å²) in [5, 5.41) is 22.0. The van der Waals surface area contributed by atoms with Crippen LogP contribution in [0.2, 0.25) is 0 Å². The van der Waals surface area contributed by atoms with Gasteiger partial charge in [-0.05, 0) is 57.9 Å². The topological polar surface area (TPSA) is 106 Å². The fourth-order valence-corrected chi connectivity index (χ4v) is 4.20. The summed E-state index contributed by atoms with van der Waals surface area (Å²) >= 11 is 0. The number of cyclic esters (lactones) is 1. The van der Waals surface area contributed by atoms with Crippen molar-refractivity contribution in [1.82, 2.24) is 4.98 Å². The van der Waals surface area contributed by atoms with Gasteiger partial charge >= 0.3 is 5.97 Å². The van der Waals surface area contributed by atoms with E-state index in [1.54, 1.807) is 33.9 Å². The average molecular weight is 512 g/mol. The second kappa shape index (κ2) is 14.2. The number of ether oxygens (including phenoxy) is 2. The summed E-state index contributed by atoms with van der Waals surface area (Å²) in [5.74, 6) is 3.80. The van der Waals surface area contributed by atoms with Gasteiger partial charge in [0.25, 0.3) is 0 Å². The van der Waals surface area contributed by atoms with Gasteiger partial charge in [-0.2, -0.15) is 0 Å². The molecule has 0 spiro atoms. The number of carbonyl (C=O) groups is 2. The van der Waals surface area contributed by atoms with Crippen LogP contribution in [-0.4, -0.2) is 58.0 Å². The Bertz CT molecular complexity index is 1030. The molecule has 0 saturated carbocycles. The van der Waals surface area contributed by atoms with E-state index in [4.69, 9.17) is 9.47 Å². The van der Waals surface area contributed by atoms with Crippen molar-refractivity contribution in [2.75, 3.05) is 6.61 Å². The van der Waals surface area contributed by atoms with E-state index in [2.05, 4.69) is 16.8 Å². The fourth-order valence-electron chi connectivity index (χ4n) is 4.20. The molecule has 5 atom stereocenters. The lowest BCUT2D eigenvalue weighted by Crippen LogP contribution is -2.48. The van der Waals surface area contributed by atoms with E-state index in [-0.39, 0.29) is 18.6 Å². The first kappa shape index (κ1) is 30.4. The lowest BCUT2D eigenvalue weighted by atomic mass is 9.72. The standard InChI is InChI=1S/C30H41NO6/c1-7-8-12-24-28(34)22(4)36-17-15-20(2)13-14-25(21(3)18-23-11-9-10-16-31-23)37-27(33)19-26(32)30(5,6)29(24)35/h9-11,13,16,18,22,24-26,28,32,34H,12,14-15,17,19H2,1-6H3/b20-13-,21-18+/t22-,24-,25+,26+,28-/m1/s1. The van der Waals surface area contributed by atoms with Crippen molar-refractivity contribution in [3.8, 4) is 11.8 Å². The normalized spacial score (nSPS) is 29.9.